The van der Waals surface area contributed by atoms with Crippen molar-refractivity contribution in [1.29, 1.82) is 0 Å². The first-order chi connectivity index (χ1) is 12.0. The minimum absolute atomic E-state index is 0.00169. The normalized spacial score (nSPS) is 11.1. The number of benzene rings is 2. The Labute approximate surface area is 149 Å². The summed E-state index contributed by atoms with van der Waals surface area (Å²) in [6.45, 7) is 2.61. The van der Waals surface area contributed by atoms with E-state index < -0.39 is 0 Å². The SMILES string of the molecule is COc1ccc(CCN(C)C(=O)/C=C(\C)c2ccc(OC)cc2)cc1. The lowest BCUT2D eigenvalue weighted by molar-refractivity contribution is -0.124. The number of hydrogen-bond acceptors (Lipinski definition) is 3. The fourth-order valence-corrected chi connectivity index (χ4v) is 2.43. The monoisotopic (exact) mass is 339 g/mol. The van der Waals surface area contributed by atoms with E-state index in [2.05, 4.69) is 0 Å². The Morgan fingerprint density at radius 2 is 1.48 bits per heavy atom. The zero-order valence-corrected chi connectivity index (χ0v) is 15.3. The van der Waals surface area contributed by atoms with Crippen LogP contribution in [0.25, 0.3) is 5.57 Å². The number of allylic oxidation sites excluding steroid dienone is 1. The summed E-state index contributed by atoms with van der Waals surface area (Å²) >= 11 is 0. The zero-order chi connectivity index (χ0) is 18.2. The van der Waals surface area contributed by atoms with E-state index >= 15 is 0 Å². The predicted octanol–water partition coefficient (Wildman–Crippen LogP) is 3.81. The number of carbonyl (C=O) groups excluding carboxylic acids is 1. The van der Waals surface area contributed by atoms with Gasteiger partial charge in [0.1, 0.15) is 11.5 Å². The van der Waals surface area contributed by atoms with E-state index in [-0.39, 0.29) is 5.91 Å². The van der Waals surface area contributed by atoms with Gasteiger partial charge in [0.25, 0.3) is 0 Å². The Kier molecular flexibility index (Phi) is 6.63. The minimum Gasteiger partial charge on any atom is -0.497 e. The molecule has 0 bridgehead atoms. The molecule has 0 aliphatic heterocycles. The van der Waals surface area contributed by atoms with E-state index in [1.807, 2.05) is 62.5 Å². The molecule has 0 saturated heterocycles. The summed E-state index contributed by atoms with van der Waals surface area (Å²) in [5, 5.41) is 0. The quantitative estimate of drug-likeness (QED) is 0.720. The fraction of sp³-hybridized carbons (Fsp3) is 0.286. The van der Waals surface area contributed by atoms with Crippen LogP contribution in [0.2, 0.25) is 0 Å². The highest BCUT2D eigenvalue weighted by molar-refractivity contribution is 5.94. The molecule has 25 heavy (non-hydrogen) atoms. The Balaban J connectivity index is 1.93. The third-order valence-electron chi connectivity index (χ3n) is 4.16. The van der Waals surface area contributed by atoms with Crippen molar-refractivity contribution in [3.05, 3.63) is 65.7 Å². The first-order valence-corrected chi connectivity index (χ1v) is 8.24. The molecular weight excluding hydrogens is 314 g/mol. The topological polar surface area (TPSA) is 38.8 Å². The number of rotatable bonds is 7. The maximum Gasteiger partial charge on any atom is 0.246 e. The number of carbonyl (C=O) groups is 1. The number of methoxy groups -OCH3 is 2. The Morgan fingerprint density at radius 1 is 0.960 bits per heavy atom. The molecule has 0 saturated carbocycles. The van der Waals surface area contributed by atoms with Crippen molar-refractivity contribution in [3.63, 3.8) is 0 Å². The molecule has 0 aliphatic rings. The van der Waals surface area contributed by atoms with Gasteiger partial charge in [0.05, 0.1) is 14.2 Å². The third-order valence-corrected chi connectivity index (χ3v) is 4.16. The van der Waals surface area contributed by atoms with Crippen LogP contribution in [-0.4, -0.2) is 38.6 Å². The molecule has 0 N–H and O–H groups in total. The summed E-state index contributed by atoms with van der Waals surface area (Å²) < 4.78 is 10.3. The highest BCUT2D eigenvalue weighted by atomic mass is 16.5. The average Bonchev–Trinajstić information content (AvgIpc) is 2.66. The molecule has 4 nitrogen and oxygen atoms in total. The Hall–Kier alpha value is -2.75. The van der Waals surface area contributed by atoms with Crippen molar-refractivity contribution in [2.75, 3.05) is 27.8 Å². The molecule has 0 fully saturated rings. The van der Waals surface area contributed by atoms with Crippen LogP contribution in [0, 0.1) is 0 Å². The van der Waals surface area contributed by atoms with Gasteiger partial charge in [-0.05, 0) is 54.3 Å². The third kappa shape index (κ3) is 5.38. The number of nitrogens with zero attached hydrogens (tertiary/aromatic N) is 1. The molecule has 2 aromatic carbocycles. The maximum atomic E-state index is 12.4. The highest BCUT2D eigenvalue weighted by Gasteiger charge is 2.07. The van der Waals surface area contributed by atoms with E-state index in [0.29, 0.717) is 6.54 Å². The molecule has 0 spiro atoms. The lowest BCUT2D eigenvalue weighted by Gasteiger charge is -2.16. The number of hydrogen-bond donors (Lipinski definition) is 0. The molecule has 0 unspecified atom stereocenters. The largest absolute Gasteiger partial charge is 0.497 e. The maximum absolute atomic E-state index is 12.4. The van der Waals surface area contributed by atoms with Gasteiger partial charge in [-0.2, -0.15) is 0 Å². The van der Waals surface area contributed by atoms with Gasteiger partial charge < -0.3 is 14.4 Å². The van der Waals surface area contributed by atoms with Gasteiger partial charge >= 0.3 is 0 Å². The number of ether oxygens (including phenoxy) is 2. The van der Waals surface area contributed by atoms with Crippen molar-refractivity contribution in [2.45, 2.75) is 13.3 Å². The van der Waals surface area contributed by atoms with Gasteiger partial charge in [-0.25, -0.2) is 0 Å². The lowest BCUT2D eigenvalue weighted by atomic mass is 10.1. The lowest BCUT2D eigenvalue weighted by Crippen LogP contribution is -2.27. The smallest absolute Gasteiger partial charge is 0.246 e. The molecule has 0 radical (unpaired) electrons. The van der Waals surface area contributed by atoms with Gasteiger partial charge in [-0.15, -0.1) is 0 Å². The summed E-state index contributed by atoms with van der Waals surface area (Å²) in [4.78, 5) is 14.1. The van der Waals surface area contributed by atoms with E-state index in [4.69, 9.17) is 9.47 Å². The second kappa shape index (κ2) is 8.92. The van der Waals surface area contributed by atoms with Crippen LogP contribution in [0.3, 0.4) is 0 Å². The van der Waals surface area contributed by atoms with Crippen molar-refractivity contribution >= 4 is 11.5 Å². The van der Waals surface area contributed by atoms with E-state index in [0.717, 1.165) is 29.1 Å². The van der Waals surface area contributed by atoms with Gasteiger partial charge in [0.2, 0.25) is 5.91 Å². The first-order valence-electron chi connectivity index (χ1n) is 8.24. The van der Waals surface area contributed by atoms with Crippen LogP contribution < -0.4 is 9.47 Å². The number of amides is 1. The molecule has 2 aromatic rings. The predicted molar refractivity (Wildman–Crippen MR) is 101 cm³/mol. The van der Waals surface area contributed by atoms with E-state index in [1.165, 1.54) is 5.56 Å². The van der Waals surface area contributed by atoms with Crippen molar-refractivity contribution in [3.8, 4) is 11.5 Å². The van der Waals surface area contributed by atoms with Crippen molar-refractivity contribution in [2.24, 2.45) is 0 Å². The van der Waals surface area contributed by atoms with Crippen molar-refractivity contribution in [1.82, 2.24) is 4.90 Å². The highest BCUT2D eigenvalue weighted by Crippen LogP contribution is 2.18. The van der Waals surface area contributed by atoms with Gasteiger partial charge in [-0.3, -0.25) is 4.79 Å². The van der Waals surface area contributed by atoms with E-state index in [9.17, 15) is 4.79 Å². The minimum atomic E-state index is 0.00169. The molecule has 2 rings (SSSR count). The molecule has 0 heterocycles. The summed E-state index contributed by atoms with van der Waals surface area (Å²) in [7, 11) is 5.11. The van der Waals surface area contributed by atoms with Crippen molar-refractivity contribution < 1.29 is 14.3 Å². The molecular formula is C21H25NO3. The second-order valence-electron chi connectivity index (χ2n) is 5.91. The summed E-state index contributed by atoms with van der Waals surface area (Å²) in [6.07, 6.45) is 2.48. The number of likely N-dealkylation sites (N-methyl/N-ethyl adjacent to an activating group) is 1. The second-order valence-corrected chi connectivity index (χ2v) is 5.91. The van der Waals surface area contributed by atoms with Crippen LogP contribution in [0.15, 0.2) is 54.6 Å². The molecule has 4 heteroatoms. The van der Waals surface area contributed by atoms with Gasteiger partial charge in [0, 0.05) is 19.7 Å². The van der Waals surface area contributed by atoms with Gasteiger partial charge in [0.15, 0.2) is 0 Å². The molecule has 0 aliphatic carbocycles. The van der Waals surface area contributed by atoms with Crippen LogP contribution in [0.4, 0.5) is 0 Å². The Morgan fingerprint density at radius 3 is 2.00 bits per heavy atom. The summed E-state index contributed by atoms with van der Waals surface area (Å²) in [6, 6.07) is 15.6. The average molecular weight is 339 g/mol. The summed E-state index contributed by atoms with van der Waals surface area (Å²) in [5.41, 5.74) is 3.12. The first kappa shape index (κ1) is 18.6. The molecule has 132 valence electrons. The summed E-state index contributed by atoms with van der Waals surface area (Å²) in [5.74, 6) is 1.65. The molecule has 0 aromatic heterocycles. The van der Waals surface area contributed by atoms with Gasteiger partial charge in [-0.1, -0.05) is 24.3 Å². The van der Waals surface area contributed by atoms with Crippen LogP contribution in [0.1, 0.15) is 18.1 Å². The Bertz CT molecular complexity index is 718. The van der Waals surface area contributed by atoms with Crippen LogP contribution >= 0.6 is 0 Å². The van der Waals surface area contributed by atoms with E-state index in [1.54, 1.807) is 25.2 Å². The molecule has 0 atom stereocenters. The zero-order valence-electron chi connectivity index (χ0n) is 15.3. The fourth-order valence-electron chi connectivity index (χ4n) is 2.43. The standard InChI is InChI=1S/C21H25NO3/c1-16(18-7-11-20(25-4)12-8-18)15-21(23)22(2)14-13-17-5-9-19(24-3)10-6-17/h5-12,15H,13-14H2,1-4H3/b16-15+. The van der Waals surface area contributed by atoms with Crippen LogP contribution in [-0.2, 0) is 11.2 Å². The van der Waals surface area contributed by atoms with Crippen LogP contribution in [0.5, 0.6) is 11.5 Å². The molecule has 1 amide bonds.